The van der Waals surface area contributed by atoms with Crippen LogP contribution in [0.3, 0.4) is 0 Å². The van der Waals surface area contributed by atoms with E-state index in [1.54, 1.807) is 0 Å². The summed E-state index contributed by atoms with van der Waals surface area (Å²) in [5.41, 5.74) is 1.30. The summed E-state index contributed by atoms with van der Waals surface area (Å²) in [6.45, 7) is 5.11. The Balaban J connectivity index is 2.25. The van der Waals surface area contributed by atoms with E-state index in [2.05, 4.69) is 22.3 Å². The molecule has 2 nitrogen and oxygen atoms in total. The van der Waals surface area contributed by atoms with Gasteiger partial charge in [0.1, 0.15) is 13.3 Å². The molecule has 12 heavy (non-hydrogen) atoms. The maximum Gasteiger partial charge on any atom is 0.179 e. The number of nitrogens with zero attached hydrogens (tertiary/aromatic N) is 2. The molecule has 2 heterocycles. The van der Waals surface area contributed by atoms with E-state index < -0.39 is 0 Å². The average molecular weight is 160 g/mol. The molecule has 1 fully saturated rings. The van der Waals surface area contributed by atoms with Crippen LogP contribution in [0, 0.1) is 0 Å². The van der Waals surface area contributed by atoms with Crippen molar-refractivity contribution in [1.82, 2.24) is 4.98 Å². The molecule has 0 radical (unpaired) electrons. The molecule has 2 heteroatoms. The van der Waals surface area contributed by atoms with Crippen molar-refractivity contribution in [2.75, 3.05) is 6.54 Å². The highest BCUT2D eigenvalue weighted by molar-refractivity contribution is 5.19. The van der Waals surface area contributed by atoms with Gasteiger partial charge in [-0.25, -0.2) is 4.58 Å². The molecule has 1 aliphatic rings. The predicted molar refractivity (Wildman–Crippen MR) is 48.5 cm³/mol. The Hall–Kier alpha value is -1.18. The lowest BCUT2D eigenvalue weighted by Crippen LogP contribution is -2.09. The molecule has 1 saturated heterocycles. The van der Waals surface area contributed by atoms with Crippen LogP contribution in [0.2, 0.25) is 0 Å². The summed E-state index contributed by atoms with van der Waals surface area (Å²) in [6, 6.07) is 4.61. The van der Waals surface area contributed by atoms with E-state index in [4.69, 9.17) is 0 Å². The first-order chi connectivity index (χ1) is 5.88. The van der Waals surface area contributed by atoms with Crippen LogP contribution in [0.15, 0.2) is 24.5 Å². The van der Waals surface area contributed by atoms with Crippen molar-refractivity contribution in [3.05, 3.63) is 30.1 Å². The van der Waals surface area contributed by atoms with Crippen LogP contribution >= 0.6 is 0 Å². The van der Waals surface area contributed by atoms with E-state index in [0.717, 1.165) is 6.54 Å². The van der Waals surface area contributed by atoms with Gasteiger partial charge < -0.3 is 0 Å². The van der Waals surface area contributed by atoms with Gasteiger partial charge in [-0.2, -0.15) is 0 Å². The van der Waals surface area contributed by atoms with Gasteiger partial charge in [-0.15, -0.1) is 0 Å². The van der Waals surface area contributed by atoms with Crippen molar-refractivity contribution in [2.45, 2.75) is 18.9 Å². The molecule has 0 spiro atoms. The van der Waals surface area contributed by atoms with Crippen molar-refractivity contribution < 1.29 is 4.58 Å². The molecule has 0 aromatic carbocycles. The molecule has 1 aromatic heterocycles. The Morgan fingerprint density at radius 2 is 2.50 bits per heavy atom. The number of pyridine rings is 1. The number of rotatable bonds is 1. The Labute approximate surface area is 72.6 Å². The molecule has 1 aromatic rings. The second-order valence-corrected chi connectivity index (χ2v) is 3.26. The third-order valence-corrected chi connectivity index (χ3v) is 2.43. The maximum absolute atomic E-state index is 4.11. The predicted octanol–water partition coefficient (Wildman–Crippen LogP) is 1.63. The fraction of sp³-hybridized carbons (Fsp3) is 0.400. The van der Waals surface area contributed by atoms with Crippen LogP contribution < -0.4 is 0 Å². The minimum Gasteiger partial charge on any atom is -0.264 e. The maximum atomic E-state index is 4.11. The molecular weight excluding hydrogens is 147 g/mol. The highest BCUT2D eigenvalue weighted by atomic mass is 15.0. The molecule has 0 N–H and O–H groups in total. The molecule has 0 aliphatic carbocycles. The van der Waals surface area contributed by atoms with Gasteiger partial charge in [0.05, 0.1) is 0 Å². The lowest BCUT2D eigenvalue weighted by atomic mass is 10.1. The molecular formula is C10H13N2+. The highest BCUT2D eigenvalue weighted by Gasteiger charge is 2.27. The summed E-state index contributed by atoms with van der Waals surface area (Å²) in [4.78, 5) is 4.11. The summed E-state index contributed by atoms with van der Waals surface area (Å²) in [5, 5.41) is 0. The molecule has 2 rings (SSSR count). The van der Waals surface area contributed by atoms with Crippen LogP contribution in [0.4, 0.5) is 0 Å². The van der Waals surface area contributed by atoms with Gasteiger partial charge in [-0.1, -0.05) is 0 Å². The zero-order chi connectivity index (χ0) is 8.39. The molecule has 1 aliphatic heterocycles. The Morgan fingerprint density at radius 3 is 3.08 bits per heavy atom. The van der Waals surface area contributed by atoms with E-state index in [0.29, 0.717) is 6.04 Å². The van der Waals surface area contributed by atoms with Crippen LogP contribution in [0.5, 0.6) is 0 Å². The van der Waals surface area contributed by atoms with Gasteiger partial charge in [0, 0.05) is 30.8 Å². The molecule has 62 valence electrons. The summed E-state index contributed by atoms with van der Waals surface area (Å²) in [7, 11) is 0. The SMILES string of the molecule is [11CH2]=[N+]1CCC[C@H]1c1cccnc1. The lowest BCUT2D eigenvalue weighted by molar-refractivity contribution is -0.541. The van der Waals surface area contributed by atoms with Crippen molar-refractivity contribution in [1.29, 1.82) is 0 Å². The van der Waals surface area contributed by atoms with Crippen LogP contribution in [0.1, 0.15) is 24.4 Å². The molecule has 1 atom stereocenters. The minimum absolute atomic E-state index is 0.499. The number of aromatic nitrogens is 1. The average Bonchev–Trinajstić information content (AvgIpc) is 2.53. The first-order valence-electron chi connectivity index (χ1n) is 4.35. The van der Waals surface area contributed by atoms with Crippen molar-refractivity contribution in [3.8, 4) is 0 Å². The number of hydrogen-bond acceptors (Lipinski definition) is 1. The monoisotopic (exact) mass is 160 g/mol. The summed E-state index contributed by atoms with van der Waals surface area (Å²) < 4.78 is 2.15. The van der Waals surface area contributed by atoms with Gasteiger partial charge in [0.15, 0.2) is 6.04 Å². The topological polar surface area (TPSA) is 15.9 Å². The fourth-order valence-corrected chi connectivity index (χ4v) is 1.78. The zero-order valence-corrected chi connectivity index (χ0v) is 7.11. The van der Waals surface area contributed by atoms with Crippen molar-refractivity contribution in [2.24, 2.45) is 0 Å². The summed E-state index contributed by atoms with van der Waals surface area (Å²) in [5.74, 6) is 0. The molecule has 0 saturated carbocycles. The van der Waals surface area contributed by atoms with Crippen LogP contribution in [-0.4, -0.2) is 22.8 Å². The third kappa shape index (κ3) is 1.24. The largest absolute Gasteiger partial charge is 0.264 e. The van der Waals surface area contributed by atoms with Crippen molar-refractivity contribution >= 4 is 6.72 Å². The standard InChI is InChI=1S/C10H13N2/c1-12-7-3-5-10(12)9-4-2-6-11-8-9/h2,4,6,8,10H,1,3,5,7H2/q+1/t10-/m0/s1/i1-1. The van der Waals surface area contributed by atoms with Gasteiger partial charge in [0.25, 0.3) is 0 Å². The molecule has 0 unspecified atom stereocenters. The highest BCUT2D eigenvalue weighted by Crippen LogP contribution is 2.26. The molecule has 0 bridgehead atoms. The Morgan fingerprint density at radius 1 is 1.58 bits per heavy atom. The van der Waals surface area contributed by atoms with Gasteiger partial charge in [0.2, 0.25) is 0 Å². The Bertz CT molecular complexity index is 279. The summed E-state index contributed by atoms with van der Waals surface area (Å²) >= 11 is 0. The first-order valence-corrected chi connectivity index (χ1v) is 4.35. The van der Waals surface area contributed by atoms with E-state index >= 15 is 0 Å². The van der Waals surface area contributed by atoms with E-state index in [1.165, 1.54) is 18.4 Å². The smallest absolute Gasteiger partial charge is 0.179 e. The lowest BCUT2D eigenvalue weighted by Gasteiger charge is -2.04. The second kappa shape index (κ2) is 3.05. The van der Waals surface area contributed by atoms with Crippen molar-refractivity contribution in [3.63, 3.8) is 0 Å². The normalized spacial score (nSPS) is 23.0. The molecule has 0 amide bonds. The number of hydrogen-bond donors (Lipinski definition) is 0. The van der Waals surface area contributed by atoms with Crippen LogP contribution in [-0.2, 0) is 0 Å². The van der Waals surface area contributed by atoms with E-state index in [-0.39, 0.29) is 0 Å². The fourth-order valence-electron chi connectivity index (χ4n) is 1.78. The van der Waals surface area contributed by atoms with E-state index in [9.17, 15) is 0 Å². The van der Waals surface area contributed by atoms with Gasteiger partial charge >= 0.3 is 0 Å². The summed E-state index contributed by atoms with van der Waals surface area (Å²) in [6.07, 6.45) is 6.22. The van der Waals surface area contributed by atoms with E-state index in [1.807, 2.05) is 18.5 Å². The van der Waals surface area contributed by atoms with Gasteiger partial charge in [-0.3, -0.25) is 4.98 Å². The second-order valence-electron chi connectivity index (χ2n) is 3.26. The van der Waals surface area contributed by atoms with Crippen LogP contribution in [0.25, 0.3) is 0 Å². The third-order valence-electron chi connectivity index (χ3n) is 2.43. The zero-order valence-electron chi connectivity index (χ0n) is 7.11. The Kier molecular flexibility index (Phi) is 1.90. The first kappa shape index (κ1) is 7.47. The minimum atomic E-state index is 0.499. The quantitative estimate of drug-likeness (QED) is 0.570. The van der Waals surface area contributed by atoms with Gasteiger partial charge in [-0.05, 0) is 12.1 Å².